The van der Waals surface area contributed by atoms with Crippen LogP contribution in [0.5, 0.6) is 0 Å². The Balaban J connectivity index is 0.00000118. The van der Waals surface area contributed by atoms with E-state index in [0.29, 0.717) is 11.9 Å². The predicted octanol–water partition coefficient (Wildman–Crippen LogP) is 6.56. The van der Waals surface area contributed by atoms with Gasteiger partial charge in [0.25, 0.3) is 0 Å². The first-order valence-corrected chi connectivity index (χ1v) is 16.2. The molecule has 2 bridgehead atoms. The van der Waals surface area contributed by atoms with Gasteiger partial charge in [-0.05, 0) is 81.2 Å². The zero-order valence-electron chi connectivity index (χ0n) is 26.5. The lowest BCUT2D eigenvalue weighted by Crippen LogP contribution is -2.44. The van der Waals surface area contributed by atoms with E-state index in [0.717, 1.165) is 63.1 Å². The Hall–Kier alpha value is -3.20. The van der Waals surface area contributed by atoms with Crippen LogP contribution < -0.4 is 15.5 Å². The van der Waals surface area contributed by atoms with Crippen molar-refractivity contribution in [2.45, 2.75) is 78.4 Å². The summed E-state index contributed by atoms with van der Waals surface area (Å²) in [5, 5.41) is 6.52. The van der Waals surface area contributed by atoms with Gasteiger partial charge in [0.15, 0.2) is 11.6 Å². The van der Waals surface area contributed by atoms with Gasteiger partial charge in [0, 0.05) is 43.6 Å². The number of halogens is 1. The molecule has 234 valence electrons. The van der Waals surface area contributed by atoms with Gasteiger partial charge in [0.1, 0.15) is 6.10 Å². The standard InChI is InChI=1S/C31H41FN6O2.C3H8/c1-19-5-4-6-24(15-19)40-30(39)27-21-7-8-22(17-21)28(27)35-29-25(32)18-33-31(36-29)34-23-9-10-26(20(2)16-23)38-13-11-37(3)12-14-38;1-3-2/h7-10,16,18-19,21-22,24,27-28H,4-6,11-15,17H2,1-3H3,(H2,33,34,35,36);3H2,1-2H3. The fraction of sp³-hybridized carbons (Fsp3) is 0.618. The molecule has 1 aliphatic heterocycles. The molecule has 1 aromatic carbocycles. The first kappa shape index (κ1) is 31.2. The van der Waals surface area contributed by atoms with Gasteiger partial charge < -0.3 is 25.2 Å². The van der Waals surface area contributed by atoms with E-state index in [1.54, 1.807) is 0 Å². The quantitative estimate of drug-likeness (QED) is 0.276. The van der Waals surface area contributed by atoms with Crippen molar-refractivity contribution in [3.05, 3.63) is 47.9 Å². The minimum Gasteiger partial charge on any atom is -0.462 e. The second-order valence-electron chi connectivity index (χ2n) is 13.0. The van der Waals surface area contributed by atoms with Crippen LogP contribution in [-0.2, 0) is 9.53 Å². The van der Waals surface area contributed by atoms with Crippen LogP contribution in [0.2, 0.25) is 0 Å². The Kier molecular flexibility index (Phi) is 10.2. The summed E-state index contributed by atoms with van der Waals surface area (Å²) in [6.45, 7) is 12.7. The summed E-state index contributed by atoms with van der Waals surface area (Å²) in [4.78, 5) is 26.8. The number of nitrogens with zero attached hydrogens (tertiary/aromatic N) is 4. The summed E-state index contributed by atoms with van der Waals surface area (Å²) in [7, 11) is 2.15. The van der Waals surface area contributed by atoms with E-state index in [2.05, 4.69) is 89.4 Å². The maximum atomic E-state index is 14.9. The number of nitrogens with one attached hydrogen (secondary N) is 2. The van der Waals surface area contributed by atoms with Crippen LogP contribution in [-0.4, -0.2) is 66.2 Å². The number of allylic oxidation sites excluding steroid dienone is 1. The molecule has 8 nitrogen and oxygen atoms in total. The number of anilines is 4. The number of aryl methyl sites for hydroxylation is 1. The third-order valence-electron chi connectivity index (χ3n) is 9.25. The van der Waals surface area contributed by atoms with Crippen molar-refractivity contribution in [1.82, 2.24) is 14.9 Å². The zero-order valence-corrected chi connectivity index (χ0v) is 26.5. The molecule has 4 aliphatic rings. The van der Waals surface area contributed by atoms with Crippen LogP contribution in [0.25, 0.3) is 0 Å². The van der Waals surface area contributed by atoms with Gasteiger partial charge in [-0.15, -0.1) is 0 Å². The lowest BCUT2D eigenvalue weighted by Gasteiger charge is -2.35. The van der Waals surface area contributed by atoms with Gasteiger partial charge in [0.2, 0.25) is 5.95 Å². The molecule has 0 amide bonds. The Labute approximate surface area is 256 Å². The Morgan fingerprint density at radius 2 is 1.84 bits per heavy atom. The molecule has 2 saturated carbocycles. The molecule has 9 heteroatoms. The number of fused-ring (bicyclic) bond motifs is 2. The molecule has 2 aromatic rings. The fourth-order valence-electron chi connectivity index (χ4n) is 7.02. The van der Waals surface area contributed by atoms with Crippen molar-refractivity contribution >= 4 is 29.1 Å². The summed E-state index contributed by atoms with van der Waals surface area (Å²) in [5.41, 5.74) is 3.24. The van der Waals surface area contributed by atoms with E-state index in [4.69, 9.17) is 4.74 Å². The number of carbonyl (C=O) groups excluding carboxylic acids is 1. The molecule has 0 spiro atoms. The van der Waals surface area contributed by atoms with E-state index in [1.165, 1.54) is 24.7 Å². The number of carbonyl (C=O) groups is 1. The number of esters is 1. The molecule has 0 radical (unpaired) electrons. The van der Waals surface area contributed by atoms with Gasteiger partial charge in [-0.2, -0.15) is 4.98 Å². The average Bonchev–Trinajstić information content (AvgIpc) is 3.58. The van der Waals surface area contributed by atoms with Crippen molar-refractivity contribution in [3.8, 4) is 0 Å². The second-order valence-corrected chi connectivity index (χ2v) is 13.0. The van der Waals surface area contributed by atoms with Crippen molar-refractivity contribution in [1.29, 1.82) is 0 Å². The molecule has 3 fully saturated rings. The number of benzene rings is 1. The summed E-state index contributed by atoms with van der Waals surface area (Å²) >= 11 is 0. The topological polar surface area (TPSA) is 82.6 Å². The monoisotopic (exact) mass is 592 g/mol. The highest BCUT2D eigenvalue weighted by Gasteiger charge is 2.50. The Bertz CT molecular complexity index is 1280. The number of likely N-dealkylation sites (N-methyl/N-ethyl adjacent to an activating group) is 1. The minimum absolute atomic E-state index is 0.0160. The SMILES string of the molecule is CCC.Cc1cc(Nc2ncc(F)c(NC3C4C=CC(C4)C3C(=O)OC3CCCC(C)C3)n2)ccc1N1CCN(C)CC1. The number of aromatic nitrogens is 2. The largest absolute Gasteiger partial charge is 0.462 e. The highest BCUT2D eigenvalue weighted by atomic mass is 19.1. The minimum atomic E-state index is -0.535. The van der Waals surface area contributed by atoms with Gasteiger partial charge >= 0.3 is 5.97 Å². The number of piperazine rings is 1. The normalized spacial score (nSPS) is 28.3. The lowest BCUT2D eigenvalue weighted by molar-refractivity contribution is -0.157. The van der Waals surface area contributed by atoms with Crippen molar-refractivity contribution in [3.63, 3.8) is 0 Å². The highest BCUT2D eigenvalue weighted by molar-refractivity contribution is 5.76. The molecular weight excluding hydrogens is 543 g/mol. The van der Waals surface area contributed by atoms with Crippen molar-refractivity contribution in [2.75, 3.05) is 48.8 Å². The van der Waals surface area contributed by atoms with Crippen LogP contribution in [0.4, 0.5) is 27.5 Å². The summed E-state index contributed by atoms with van der Waals surface area (Å²) in [6.07, 6.45) is 11.7. The lowest BCUT2D eigenvalue weighted by atomic mass is 9.87. The first-order chi connectivity index (χ1) is 20.7. The van der Waals surface area contributed by atoms with E-state index in [-0.39, 0.29) is 41.7 Å². The van der Waals surface area contributed by atoms with Gasteiger partial charge in [-0.1, -0.05) is 45.8 Å². The second kappa shape index (κ2) is 14.1. The van der Waals surface area contributed by atoms with Gasteiger partial charge in [-0.3, -0.25) is 4.79 Å². The molecule has 6 unspecified atom stereocenters. The van der Waals surface area contributed by atoms with Crippen molar-refractivity contribution in [2.24, 2.45) is 23.7 Å². The van der Waals surface area contributed by atoms with E-state index >= 15 is 0 Å². The Morgan fingerprint density at radius 1 is 1.09 bits per heavy atom. The molecule has 1 saturated heterocycles. The van der Waals surface area contributed by atoms with Crippen LogP contribution in [0.15, 0.2) is 36.5 Å². The average molecular weight is 593 g/mol. The number of hydrogen-bond donors (Lipinski definition) is 2. The molecule has 43 heavy (non-hydrogen) atoms. The highest BCUT2D eigenvalue weighted by Crippen LogP contribution is 2.46. The smallest absolute Gasteiger partial charge is 0.311 e. The number of rotatable bonds is 7. The molecule has 1 aromatic heterocycles. The molecule has 6 rings (SSSR count). The van der Waals surface area contributed by atoms with Crippen LogP contribution in [0, 0.1) is 36.4 Å². The summed E-state index contributed by atoms with van der Waals surface area (Å²) in [6, 6.07) is 5.95. The third kappa shape index (κ3) is 7.48. The summed E-state index contributed by atoms with van der Waals surface area (Å²) < 4.78 is 21.0. The van der Waals surface area contributed by atoms with E-state index in [1.807, 2.05) is 6.07 Å². The van der Waals surface area contributed by atoms with Gasteiger partial charge in [-0.25, -0.2) is 9.37 Å². The predicted molar refractivity (Wildman–Crippen MR) is 171 cm³/mol. The summed E-state index contributed by atoms with van der Waals surface area (Å²) in [5.74, 6) is 0.201. The Morgan fingerprint density at radius 3 is 2.56 bits per heavy atom. The third-order valence-corrected chi connectivity index (χ3v) is 9.25. The van der Waals surface area contributed by atoms with E-state index < -0.39 is 5.82 Å². The van der Waals surface area contributed by atoms with Crippen LogP contribution in [0.3, 0.4) is 0 Å². The maximum absolute atomic E-state index is 14.9. The zero-order chi connectivity index (χ0) is 30.5. The molecule has 2 heterocycles. The number of hydrogen-bond acceptors (Lipinski definition) is 8. The van der Waals surface area contributed by atoms with E-state index in [9.17, 15) is 9.18 Å². The van der Waals surface area contributed by atoms with Crippen LogP contribution >= 0.6 is 0 Å². The molecular formula is C34H49FN6O2. The first-order valence-electron chi connectivity index (χ1n) is 16.2. The van der Waals surface area contributed by atoms with Crippen molar-refractivity contribution < 1.29 is 13.9 Å². The maximum Gasteiger partial charge on any atom is 0.311 e. The van der Waals surface area contributed by atoms with Crippen LogP contribution in [0.1, 0.15) is 64.9 Å². The fourth-order valence-corrected chi connectivity index (χ4v) is 7.02. The molecule has 3 aliphatic carbocycles. The number of ether oxygens (including phenoxy) is 1. The molecule has 6 atom stereocenters. The van der Waals surface area contributed by atoms with Gasteiger partial charge in [0.05, 0.1) is 12.1 Å². The molecule has 2 N–H and O–H groups in total.